The first-order chi connectivity index (χ1) is 8.15. The second kappa shape index (κ2) is 6.73. The van der Waals surface area contributed by atoms with E-state index >= 15 is 0 Å². The minimum Gasteiger partial charge on any atom is -0.352 e. The van der Waals surface area contributed by atoms with Crippen molar-refractivity contribution in [3.8, 4) is 0 Å². The van der Waals surface area contributed by atoms with Crippen molar-refractivity contribution in [3.05, 3.63) is 45.0 Å². The van der Waals surface area contributed by atoms with Gasteiger partial charge in [-0.15, -0.1) is 0 Å². The number of hydrogen-bond acceptors (Lipinski definition) is 2. The molecule has 0 aromatic heterocycles. The van der Waals surface area contributed by atoms with Crippen LogP contribution in [0.1, 0.15) is 16.8 Å². The predicted molar refractivity (Wildman–Crippen MR) is 62.4 cm³/mol. The lowest BCUT2D eigenvalue weighted by molar-refractivity contribution is 0.0949. The van der Waals surface area contributed by atoms with Crippen LogP contribution in [0.25, 0.3) is 10.4 Å². The molecule has 17 heavy (non-hydrogen) atoms. The number of carbonyl (C=O) groups excluding carboxylic acids is 1. The van der Waals surface area contributed by atoms with Crippen molar-refractivity contribution in [3.63, 3.8) is 0 Å². The zero-order valence-electron chi connectivity index (χ0n) is 8.86. The number of azide groups is 1. The van der Waals surface area contributed by atoms with Crippen molar-refractivity contribution in [1.82, 2.24) is 5.32 Å². The number of benzene rings is 1. The van der Waals surface area contributed by atoms with Crippen LogP contribution in [-0.4, -0.2) is 19.0 Å². The normalized spacial score (nSPS) is 9.53. The Hall–Kier alpha value is -1.78. The molecule has 0 atom stereocenters. The average molecular weight is 257 g/mol. The van der Waals surface area contributed by atoms with Gasteiger partial charge < -0.3 is 5.32 Å². The fraction of sp³-hybridized carbons (Fsp3) is 0.300. The molecule has 1 rings (SSSR count). The Labute approximate surface area is 102 Å². The van der Waals surface area contributed by atoms with Gasteiger partial charge in [0.15, 0.2) is 0 Å². The highest BCUT2D eigenvalue weighted by Gasteiger charge is 2.10. The molecule has 7 heteroatoms. The highest BCUT2D eigenvalue weighted by molar-refractivity contribution is 6.30. The van der Waals surface area contributed by atoms with Gasteiger partial charge in [0.1, 0.15) is 5.82 Å². The Kier molecular flexibility index (Phi) is 5.26. The summed E-state index contributed by atoms with van der Waals surface area (Å²) in [5.41, 5.74) is 7.97. The molecule has 0 aliphatic heterocycles. The van der Waals surface area contributed by atoms with Gasteiger partial charge in [-0.2, -0.15) is 0 Å². The number of nitrogens with one attached hydrogen (secondary N) is 1. The average Bonchev–Trinajstić information content (AvgIpc) is 2.28. The van der Waals surface area contributed by atoms with Crippen molar-refractivity contribution in [1.29, 1.82) is 0 Å². The highest BCUT2D eigenvalue weighted by Crippen LogP contribution is 2.14. The number of hydrogen-bond donors (Lipinski definition) is 1. The standard InChI is InChI=1S/C10H10ClFN4O/c11-7-2-3-8(9(12)6-7)10(17)14-4-1-5-15-16-13/h2-3,6H,1,4-5H2,(H,14,17). The second-order valence-electron chi connectivity index (χ2n) is 3.19. The smallest absolute Gasteiger partial charge is 0.254 e. The summed E-state index contributed by atoms with van der Waals surface area (Å²) in [6.45, 7) is 0.611. The minimum absolute atomic E-state index is 0.0572. The van der Waals surface area contributed by atoms with Crippen LogP contribution in [0.2, 0.25) is 5.02 Å². The number of carbonyl (C=O) groups is 1. The van der Waals surface area contributed by atoms with Crippen molar-refractivity contribution in [2.75, 3.05) is 13.1 Å². The summed E-state index contributed by atoms with van der Waals surface area (Å²) in [5, 5.41) is 6.06. The van der Waals surface area contributed by atoms with E-state index in [-0.39, 0.29) is 10.6 Å². The Morgan fingerprint density at radius 2 is 2.35 bits per heavy atom. The van der Waals surface area contributed by atoms with Gasteiger partial charge in [0, 0.05) is 23.0 Å². The molecule has 90 valence electrons. The minimum atomic E-state index is -0.662. The molecule has 0 unspecified atom stereocenters. The third-order valence-electron chi connectivity index (χ3n) is 1.96. The topological polar surface area (TPSA) is 77.9 Å². The Morgan fingerprint density at radius 3 is 3.00 bits per heavy atom. The molecule has 5 nitrogen and oxygen atoms in total. The number of rotatable bonds is 5. The van der Waals surface area contributed by atoms with Gasteiger partial charge in [-0.25, -0.2) is 4.39 Å². The summed E-state index contributed by atoms with van der Waals surface area (Å²) in [6, 6.07) is 3.84. The van der Waals surface area contributed by atoms with Gasteiger partial charge in [-0.3, -0.25) is 4.79 Å². The zero-order valence-corrected chi connectivity index (χ0v) is 9.62. The van der Waals surface area contributed by atoms with Crippen LogP contribution >= 0.6 is 11.6 Å². The van der Waals surface area contributed by atoms with Crippen LogP contribution in [0.4, 0.5) is 4.39 Å². The van der Waals surface area contributed by atoms with E-state index in [1.807, 2.05) is 0 Å². The summed E-state index contributed by atoms with van der Waals surface area (Å²) in [7, 11) is 0. The maximum absolute atomic E-state index is 13.3. The highest BCUT2D eigenvalue weighted by atomic mass is 35.5. The van der Waals surface area contributed by atoms with E-state index in [1.165, 1.54) is 12.1 Å². The fourth-order valence-electron chi connectivity index (χ4n) is 1.17. The molecule has 1 N–H and O–H groups in total. The molecule has 0 aliphatic carbocycles. The monoisotopic (exact) mass is 256 g/mol. The van der Waals surface area contributed by atoms with Gasteiger partial charge in [0.2, 0.25) is 0 Å². The first kappa shape index (κ1) is 13.3. The maximum atomic E-state index is 13.3. The van der Waals surface area contributed by atoms with Crippen molar-refractivity contribution < 1.29 is 9.18 Å². The van der Waals surface area contributed by atoms with E-state index in [2.05, 4.69) is 15.3 Å². The van der Waals surface area contributed by atoms with Gasteiger partial charge in [-0.05, 0) is 30.2 Å². The van der Waals surface area contributed by atoms with Crippen molar-refractivity contribution in [2.24, 2.45) is 5.11 Å². The van der Waals surface area contributed by atoms with Gasteiger partial charge >= 0.3 is 0 Å². The molecule has 0 aliphatic rings. The van der Waals surface area contributed by atoms with E-state index in [1.54, 1.807) is 0 Å². The summed E-state index contributed by atoms with van der Waals surface area (Å²) in [5.74, 6) is -1.18. The molecule has 0 saturated heterocycles. The lowest BCUT2D eigenvalue weighted by Crippen LogP contribution is -2.25. The molecule has 0 spiro atoms. The van der Waals surface area contributed by atoms with Crippen LogP contribution in [-0.2, 0) is 0 Å². The van der Waals surface area contributed by atoms with Crippen LogP contribution in [0.5, 0.6) is 0 Å². The van der Waals surface area contributed by atoms with E-state index in [0.29, 0.717) is 19.5 Å². The summed E-state index contributed by atoms with van der Waals surface area (Å²) >= 11 is 5.56. The Morgan fingerprint density at radius 1 is 1.59 bits per heavy atom. The van der Waals surface area contributed by atoms with Crippen LogP contribution in [0.3, 0.4) is 0 Å². The molecular formula is C10H10ClFN4O. The van der Waals surface area contributed by atoms with Gasteiger partial charge in [0.05, 0.1) is 5.56 Å². The molecule has 0 radical (unpaired) electrons. The molecule has 0 heterocycles. The molecule has 1 aromatic carbocycles. The van der Waals surface area contributed by atoms with Crippen LogP contribution in [0.15, 0.2) is 23.3 Å². The van der Waals surface area contributed by atoms with E-state index in [4.69, 9.17) is 17.1 Å². The third-order valence-corrected chi connectivity index (χ3v) is 2.19. The molecule has 1 amide bonds. The predicted octanol–water partition coefficient (Wildman–Crippen LogP) is 2.91. The fourth-order valence-corrected chi connectivity index (χ4v) is 1.32. The number of amides is 1. The molecule has 0 bridgehead atoms. The molecule has 0 saturated carbocycles. The number of halogens is 2. The summed E-state index contributed by atoms with van der Waals surface area (Å²) in [6.07, 6.45) is 0.505. The van der Waals surface area contributed by atoms with Gasteiger partial charge in [0.25, 0.3) is 5.91 Å². The quantitative estimate of drug-likeness (QED) is 0.374. The first-order valence-electron chi connectivity index (χ1n) is 4.89. The van der Waals surface area contributed by atoms with Crippen LogP contribution in [0, 0.1) is 5.82 Å². The lowest BCUT2D eigenvalue weighted by Gasteiger charge is -2.05. The second-order valence-corrected chi connectivity index (χ2v) is 3.62. The lowest BCUT2D eigenvalue weighted by atomic mass is 10.2. The van der Waals surface area contributed by atoms with Crippen molar-refractivity contribution >= 4 is 17.5 Å². The number of nitrogens with zero attached hydrogens (tertiary/aromatic N) is 3. The van der Waals surface area contributed by atoms with E-state index < -0.39 is 11.7 Å². The van der Waals surface area contributed by atoms with E-state index in [0.717, 1.165) is 6.07 Å². The van der Waals surface area contributed by atoms with E-state index in [9.17, 15) is 9.18 Å². The summed E-state index contributed by atoms with van der Waals surface area (Å²) in [4.78, 5) is 14.1. The van der Waals surface area contributed by atoms with Crippen molar-refractivity contribution in [2.45, 2.75) is 6.42 Å². The SMILES string of the molecule is [N-]=[N+]=NCCCNC(=O)c1ccc(Cl)cc1F. The Balaban J connectivity index is 2.49. The zero-order chi connectivity index (χ0) is 12.7. The maximum Gasteiger partial charge on any atom is 0.254 e. The molecule has 0 fully saturated rings. The summed E-state index contributed by atoms with van der Waals surface area (Å²) < 4.78 is 13.3. The van der Waals surface area contributed by atoms with Crippen LogP contribution < -0.4 is 5.32 Å². The third kappa shape index (κ3) is 4.30. The van der Waals surface area contributed by atoms with Gasteiger partial charge in [-0.1, -0.05) is 16.7 Å². The Bertz CT molecular complexity index is 460. The molecule has 1 aromatic rings. The largest absolute Gasteiger partial charge is 0.352 e. The molecular weight excluding hydrogens is 247 g/mol. The first-order valence-corrected chi connectivity index (χ1v) is 5.27.